The summed E-state index contributed by atoms with van der Waals surface area (Å²) >= 11 is 0. The van der Waals surface area contributed by atoms with Crippen LogP contribution in [0.1, 0.15) is 43.5 Å². The first-order chi connectivity index (χ1) is 9.60. The van der Waals surface area contributed by atoms with Gasteiger partial charge in [0.25, 0.3) is 5.91 Å². The van der Waals surface area contributed by atoms with Crippen LogP contribution in [0.5, 0.6) is 0 Å². The van der Waals surface area contributed by atoms with E-state index in [2.05, 4.69) is 10.6 Å². The lowest BCUT2D eigenvalue weighted by molar-refractivity contribution is 0.0943. The normalized spacial score (nSPS) is 22.0. The number of nitrogens with two attached hydrogens (primary N) is 1. The number of amides is 1. The van der Waals surface area contributed by atoms with Crippen LogP contribution in [0.2, 0.25) is 0 Å². The zero-order valence-electron chi connectivity index (χ0n) is 12.4. The van der Waals surface area contributed by atoms with Crippen LogP contribution in [0.4, 0.5) is 5.69 Å². The number of carbonyl (C=O) groups is 1. The number of benzene rings is 1. The van der Waals surface area contributed by atoms with Crippen molar-refractivity contribution in [3.63, 3.8) is 0 Å². The molecule has 0 saturated heterocycles. The molecule has 2 rings (SSSR count). The lowest BCUT2D eigenvalue weighted by atomic mass is 10.0. The summed E-state index contributed by atoms with van der Waals surface area (Å²) in [7, 11) is 0. The molecule has 4 nitrogen and oxygen atoms in total. The Hall–Kier alpha value is -1.55. The summed E-state index contributed by atoms with van der Waals surface area (Å²) in [6.45, 7) is 4.65. The molecule has 1 aliphatic carbocycles. The molecule has 0 aromatic heterocycles. The predicted molar refractivity (Wildman–Crippen MR) is 82.9 cm³/mol. The van der Waals surface area contributed by atoms with E-state index >= 15 is 0 Å². The first kappa shape index (κ1) is 14.9. The van der Waals surface area contributed by atoms with Gasteiger partial charge in [-0.25, -0.2) is 0 Å². The van der Waals surface area contributed by atoms with Gasteiger partial charge in [-0.05, 0) is 57.4 Å². The second-order valence-corrected chi connectivity index (χ2v) is 5.89. The molecule has 0 bridgehead atoms. The molecule has 2 atom stereocenters. The molecule has 20 heavy (non-hydrogen) atoms. The van der Waals surface area contributed by atoms with Crippen molar-refractivity contribution in [3.8, 4) is 0 Å². The zero-order valence-corrected chi connectivity index (χ0v) is 12.4. The van der Waals surface area contributed by atoms with Crippen molar-refractivity contribution in [1.82, 2.24) is 5.32 Å². The summed E-state index contributed by atoms with van der Waals surface area (Å²) in [5.74, 6) is 0.522. The van der Waals surface area contributed by atoms with Gasteiger partial charge in [-0.3, -0.25) is 4.79 Å². The molecule has 1 amide bonds. The molecule has 110 valence electrons. The highest BCUT2D eigenvalue weighted by Gasteiger charge is 2.25. The molecule has 1 aromatic rings. The first-order valence-electron chi connectivity index (χ1n) is 7.47. The third-order valence-electron chi connectivity index (χ3n) is 3.86. The Morgan fingerprint density at radius 2 is 2.20 bits per heavy atom. The average Bonchev–Trinajstić information content (AvgIpc) is 2.85. The molecule has 0 heterocycles. The van der Waals surface area contributed by atoms with Gasteiger partial charge < -0.3 is 16.4 Å². The maximum Gasteiger partial charge on any atom is 0.251 e. The van der Waals surface area contributed by atoms with Crippen LogP contribution in [0.3, 0.4) is 0 Å². The predicted octanol–water partition coefficient (Wildman–Crippen LogP) is 2.36. The molecule has 1 aromatic carbocycles. The molecule has 2 unspecified atom stereocenters. The van der Waals surface area contributed by atoms with E-state index in [0.717, 1.165) is 18.7 Å². The lowest BCUT2D eigenvalue weighted by Gasteiger charge is -2.21. The van der Waals surface area contributed by atoms with Crippen molar-refractivity contribution in [1.29, 1.82) is 0 Å². The van der Waals surface area contributed by atoms with E-state index in [0.29, 0.717) is 17.5 Å². The van der Waals surface area contributed by atoms with Gasteiger partial charge in [-0.1, -0.05) is 12.5 Å². The van der Waals surface area contributed by atoms with Gasteiger partial charge in [0.1, 0.15) is 0 Å². The molecule has 1 saturated carbocycles. The van der Waals surface area contributed by atoms with Gasteiger partial charge in [0.05, 0.1) is 0 Å². The molecule has 1 fully saturated rings. The Labute approximate surface area is 121 Å². The van der Waals surface area contributed by atoms with E-state index in [1.165, 1.54) is 12.8 Å². The fourth-order valence-electron chi connectivity index (χ4n) is 2.82. The van der Waals surface area contributed by atoms with E-state index in [9.17, 15) is 4.79 Å². The van der Waals surface area contributed by atoms with E-state index in [1.807, 2.05) is 38.1 Å². The quantitative estimate of drug-likeness (QED) is 0.773. The highest BCUT2D eigenvalue weighted by Crippen LogP contribution is 2.28. The minimum atomic E-state index is -0.0227. The first-order valence-corrected chi connectivity index (χ1v) is 7.47. The van der Waals surface area contributed by atoms with Crippen LogP contribution in [0.15, 0.2) is 24.3 Å². The van der Waals surface area contributed by atoms with Crippen molar-refractivity contribution >= 4 is 11.6 Å². The SMILES string of the molecule is CC(C)NC(=O)c1cccc(NC2CCCC2CN)c1. The monoisotopic (exact) mass is 275 g/mol. The van der Waals surface area contributed by atoms with Gasteiger partial charge >= 0.3 is 0 Å². The van der Waals surface area contributed by atoms with Gasteiger partial charge in [-0.15, -0.1) is 0 Å². The summed E-state index contributed by atoms with van der Waals surface area (Å²) in [4.78, 5) is 12.0. The molecular formula is C16H25N3O. The van der Waals surface area contributed by atoms with Crippen molar-refractivity contribution in [3.05, 3.63) is 29.8 Å². The largest absolute Gasteiger partial charge is 0.382 e. The van der Waals surface area contributed by atoms with Crippen LogP contribution >= 0.6 is 0 Å². The number of hydrogen-bond acceptors (Lipinski definition) is 3. The van der Waals surface area contributed by atoms with Crippen molar-refractivity contribution < 1.29 is 4.79 Å². The van der Waals surface area contributed by atoms with Crippen LogP contribution < -0.4 is 16.4 Å². The third-order valence-corrected chi connectivity index (χ3v) is 3.86. The van der Waals surface area contributed by atoms with Gasteiger partial charge in [0.2, 0.25) is 0 Å². The summed E-state index contributed by atoms with van der Waals surface area (Å²) in [6, 6.07) is 8.28. The molecule has 4 heteroatoms. The molecule has 0 radical (unpaired) electrons. The van der Waals surface area contributed by atoms with Crippen LogP contribution in [0.25, 0.3) is 0 Å². The summed E-state index contributed by atoms with van der Waals surface area (Å²) < 4.78 is 0. The second kappa shape index (κ2) is 6.75. The van der Waals surface area contributed by atoms with E-state index in [1.54, 1.807) is 0 Å². The Morgan fingerprint density at radius 1 is 1.40 bits per heavy atom. The summed E-state index contributed by atoms with van der Waals surface area (Å²) in [6.07, 6.45) is 3.58. The third kappa shape index (κ3) is 3.73. The lowest BCUT2D eigenvalue weighted by Crippen LogP contribution is -2.31. The van der Waals surface area contributed by atoms with Crippen molar-refractivity contribution in [2.45, 2.75) is 45.2 Å². The fourth-order valence-corrected chi connectivity index (χ4v) is 2.82. The maximum atomic E-state index is 12.0. The number of hydrogen-bond donors (Lipinski definition) is 3. The highest BCUT2D eigenvalue weighted by atomic mass is 16.1. The standard InChI is InChI=1S/C16H25N3O/c1-11(2)18-16(20)12-5-3-7-14(9-12)19-15-8-4-6-13(15)10-17/h3,5,7,9,11,13,15,19H,4,6,8,10,17H2,1-2H3,(H,18,20). The minimum absolute atomic E-state index is 0.0227. The Morgan fingerprint density at radius 3 is 2.90 bits per heavy atom. The number of nitrogens with one attached hydrogen (secondary N) is 2. The van der Waals surface area contributed by atoms with Gasteiger partial charge in [0, 0.05) is 23.3 Å². The molecule has 0 spiro atoms. The maximum absolute atomic E-state index is 12.0. The summed E-state index contributed by atoms with van der Waals surface area (Å²) in [5, 5.41) is 6.44. The van der Waals surface area contributed by atoms with Crippen molar-refractivity contribution in [2.75, 3.05) is 11.9 Å². The molecule has 0 aliphatic heterocycles. The molecular weight excluding hydrogens is 250 g/mol. The number of rotatable bonds is 5. The topological polar surface area (TPSA) is 67.2 Å². The molecule has 4 N–H and O–H groups in total. The van der Waals surface area contributed by atoms with E-state index in [4.69, 9.17) is 5.73 Å². The second-order valence-electron chi connectivity index (χ2n) is 5.89. The summed E-state index contributed by atoms with van der Waals surface area (Å²) in [5.41, 5.74) is 7.51. The van der Waals surface area contributed by atoms with Crippen LogP contribution in [-0.2, 0) is 0 Å². The number of anilines is 1. The minimum Gasteiger partial charge on any atom is -0.382 e. The van der Waals surface area contributed by atoms with E-state index in [-0.39, 0.29) is 11.9 Å². The molecule has 1 aliphatic rings. The smallest absolute Gasteiger partial charge is 0.251 e. The average molecular weight is 275 g/mol. The van der Waals surface area contributed by atoms with Gasteiger partial charge in [-0.2, -0.15) is 0 Å². The van der Waals surface area contributed by atoms with E-state index < -0.39 is 0 Å². The zero-order chi connectivity index (χ0) is 14.5. The number of carbonyl (C=O) groups excluding carboxylic acids is 1. The van der Waals surface area contributed by atoms with Crippen molar-refractivity contribution in [2.24, 2.45) is 11.7 Å². The van der Waals surface area contributed by atoms with Crippen LogP contribution in [0, 0.1) is 5.92 Å². The van der Waals surface area contributed by atoms with Gasteiger partial charge in [0.15, 0.2) is 0 Å². The highest BCUT2D eigenvalue weighted by molar-refractivity contribution is 5.95. The van der Waals surface area contributed by atoms with Crippen LogP contribution in [-0.4, -0.2) is 24.5 Å². The fraction of sp³-hybridized carbons (Fsp3) is 0.562. The Balaban J connectivity index is 2.04. The Kier molecular flexibility index (Phi) is 5.01. The Bertz CT molecular complexity index is 459.